The number of ether oxygens (including phenoxy) is 2. The molecule has 1 aliphatic rings. The molecule has 24 heavy (non-hydrogen) atoms. The Kier molecular flexibility index (Phi) is 5.85. The van der Waals surface area contributed by atoms with Gasteiger partial charge in [-0.25, -0.2) is 0 Å². The lowest BCUT2D eigenvalue weighted by molar-refractivity contribution is 0.173. The lowest BCUT2D eigenvalue weighted by Crippen LogP contribution is -2.24. The lowest BCUT2D eigenvalue weighted by atomic mass is 10.0. The second-order valence-electron chi connectivity index (χ2n) is 6.09. The molecule has 128 valence electrons. The fourth-order valence-corrected chi connectivity index (χ4v) is 4.21. The van der Waals surface area contributed by atoms with Gasteiger partial charge in [0.1, 0.15) is 0 Å². The molecule has 0 aliphatic carbocycles. The standard InChI is InChI=1S/C19H21Br2NO2/c1-13-15(17(21)19-18(16(13)20)23-12-24-19)9-11-22(2)10-8-14-6-4-3-5-7-14/h3-7H,8-12H2,1-2H3. The molecule has 2 aromatic rings. The van der Waals surface area contributed by atoms with Crippen LogP contribution in [0.5, 0.6) is 11.5 Å². The molecule has 0 N–H and O–H groups in total. The Morgan fingerprint density at radius 2 is 1.58 bits per heavy atom. The SMILES string of the molecule is Cc1c(Br)c2c(c(Br)c1CCN(C)CCc1ccccc1)OCO2. The van der Waals surface area contributed by atoms with E-state index in [2.05, 4.69) is 81.1 Å². The second kappa shape index (κ2) is 7.89. The third kappa shape index (κ3) is 3.79. The van der Waals surface area contributed by atoms with E-state index in [9.17, 15) is 0 Å². The van der Waals surface area contributed by atoms with Crippen LogP contribution in [0.2, 0.25) is 0 Å². The van der Waals surface area contributed by atoms with E-state index in [4.69, 9.17) is 9.47 Å². The van der Waals surface area contributed by atoms with Crippen molar-refractivity contribution in [3.05, 3.63) is 56.0 Å². The smallest absolute Gasteiger partial charge is 0.231 e. The van der Waals surface area contributed by atoms with Gasteiger partial charge in [-0.2, -0.15) is 0 Å². The molecule has 0 amide bonds. The summed E-state index contributed by atoms with van der Waals surface area (Å²) in [4.78, 5) is 2.37. The number of halogens is 2. The zero-order chi connectivity index (χ0) is 17.1. The Morgan fingerprint density at radius 1 is 0.958 bits per heavy atom. The van der Waals surface area contributed by atoms with Crippen molar-refractivity contribution in [2.75, 3.05) is 26.9 Å². The fourth-order valence-electron chi connectivity index (χ4n) is 2.89. The minimum atomic E-state index is 0.284. The van der Waals surface area contributed by atoms with Crippen LogP contribution in [0.25, 0.3) is 0 Å². The molecule has 0 radical (unpaired) electrons. The second-order valence-corrected chi connectivity index (χ2v) is 7.67. The zero-order valence-corrected chi connectivity index (χ0v) is 17.1. The highest BCUT2D eigenvalue weighted by Crippen LogP contribution is 2.48. The lowest BCUT2D eigenvalue weighted by Gasteiger charge is -2.19. The van der Waals surface area contributed by atoms with Gasteiger partial charge in [0.05, 0.1) is 8.95 Å². The maximum absolute atomic E-state index is 5.61. The predicted octanol–water partition coefficient (Wildman–Crippen LogP) is 4.97. The minimum absolute atomic E-state index is 0.284. The van der Waals surface area contributed by atoms with Gasteiger partial charge in [-0.3, -0.25) is 0 Å². The van der Waals surface area contributed by atoms with Crippen molar-refractivity contribution in [1.29, 1.82) is 0 Å². The van der Waals surface area contributed by atoms with Gasteiger partial charge < -0.3 is 14.4 Å². The largest absolute Gasteiger partial charge is 0.452 e. The predicted molar refractivity (Wildman–Crippen MR) is 104 cm³/mol. The molecule has 0 spiro atoms. The number of hydrogen-bond donors (Lipinski definition) is 0. The maximum Gasteiger partial charge on any atom is 0.231 e. The summed E-state index contributed by atoms with van der Waals surface area (Å²) in [5.74, 6) is 1.62. The third-order valence-corrected chi connectivity index (χ3v) is 6.22. The molecule has 0 unspecified atom stereocenters. The highest BCUT2D eigenvalue weighted by atomic mass is 79.9. The number of nitrogens with zero attached hydrogens (tertiary/aromatic N) is 1. The van der Waals surface area contributed by atoms with Gasteiger partial charge in [-0.05, 0) is 75.4 Å². The van der Waals surface area contributed by atoms with Crippen LogP contribution in [0.4, 0.5) is 0 Å². The van der Waals surface area contributed by atoms with Crippen LogP contribution in [-0.4, -0.2) is 31.8 Å². The van der Waals surface area contributed by atoms with Gasteiger partial charge in [0, 0.05) is 13.1 Å². The first-order chi connectivity index (χ1) is 11.6. The van der Waals surface area contributed by atoms with Crippen molar-refractivity contribution in [2.45, 2.75) is 19.8 Å². The number of benzene rings is 2. The average molecular weight is 455 g/mol. The topological polar surface area (TPSA) is 21.7 Å². The van der Waals surface area contributed by atoms with Gasteiger partial charge in [0.25, 0.3) is 0 Å². The van der Waals surface area contributed by atoms with Crippen LogP contribution >= 0.6 is 31.9 Å². The molecule has 0 aromatic heterocycles. The molecule has 0 saturated carbocycles. The summed E-state index contributed by atoms with van der Waals surface area (Å²) in [5.41, 5.74) is 3.87. The highest BCUT2D eigenvalue weighted by molar-refractivity contribution is 9.11. The highest BCUT2D eigenvalue weighted by Gasteiger charge is 2.25. The molecule has 0 saturated heterocycles. The van der Waals surface area contributed by atoms with E-state index in [1.54, 1.807) is 0 Å². The summed E-state index contributed by atoms with van der Waals surface area (Å²) in [6, 6.07) is 10.6. The summed E-state index contributed by atoms with van der Waals surface area (Å²) in [5, 5.41) is 0. The first kappa shape index (κ1) is 17.8. The summed E-state index contributed by atoms with van der Waals surface area (Å²) < 4.78 is 13.2. The van der Waals surface area contributed by atoms with Gasteiger partial charge >= 0.3 is 0 Å². The molecule has 1 heterocycles. The Morgan fingerprint density at radius 3 is 2.29 bits per heavy atom. The molecule has 0 bridgehead atoms. The summed E-state index contributed by atoms with van der Waals surface area (Å²) in [6.45, 7) is 4.45. The quantitative estimate of drug-likeness (QED) is 0.615. The average Bonchev–Trinajstić information content (AvgIpc) is 3.09. The number of rotatable bonds is 6. The van der Waals surface area contributed by atoms with E-state index < -0.39 is 0 Å². The van der Waals surface area contributed by atoms with Crippen LogP contribution in [0.15, 0.2) is 39.3 Å². The Balaban J connectivity index is 1.63. The van der Waals surface area contributed by atoms with Gasteiger partial charge in [0.15, 0.2) is 11.5 Å². The van der Waals surface area contributed by atoms with E-state index >= 15 is 0 Å². The van der Waals surface area contributed by atoms with E-state index in [0.29, 0.717) is 0 Å². The van der Waals surface area contributed by atoms with E-state index in [1.807, 2.05) is 0 Å². The number of hydrogen-bond acceptors (Lipinski definition) is 3. The number of likely N-dealkylation sites (N-methyl/N-ethyl adjacent to an activating group) is 1. The summed E-state index contributed by atoms with van der Waals surface area (Å²) in [7, 11) is 2.17. The Bertz CT molecular complexity index is 719. The van der Waals surface area contributed by atoms with Crippen LogP contribution < -0.4 is 9.47 Å². The van der Waals surface area contributed by atoms with Crippen molar-refractivity contribution < 1.29 is 9.47 Å². The van der Waals surface area contributed by atoms with Crippen molar-refractivity contribution in [2.24, 2.45) is 0 Å². The van der Waals surface area contributed by atoms with Gasteiger partial charge in [-0.1, -0.05) is 30.3 Å². The molecule has 0 fully saturated rings. The van der Waals surface area contributed by atoms with Gasteiger partial charge in [-0.15, -0.1) is 0 Å². The van der Waals surface area contributed by atoms with E-state index in [0.717, 1.165) is 46.4 Å². The molecule has 3 nitrogen and oxygen atoms in total. The van der Waals surface area contributed by atoms with E-state index in [1.165, 1.54) is 16.7 Å². The monoisotopic (exact) mass is 453 g/mol. The van der Waals surface area contributed by atoms with E-state index in [-0.39, 0.29) is 6.79 Å². The van der Waals surface area contributed by atoms with Crippen LogP contribution in [0.3, 0.4) is 0 Å². The Hall–Kier alpha value is -1.04. The molecule has 1 aliphatic heterocycles. The first-order valence-corrected chi connectivity index (χ1v) is 9.65. The zero-order valence-electron chi connectivity index (χ0n) is 13.9. The first-order valence-electron chi connectivity index (χ1n) is 8.06. The Labute approximate surface area is 160 Å². The van der Waals surface area contributed by atoms with Crippen LogP contribution in [-0.2, 0) is 12.8 Å². The molecule has 3 rings (SSSR count). The third-order valence-electron chi connectivity index (χ3n) is 4.43. The molecule has 5 heteroatoms. The molecule has 2 aromatic carbocycles. The van der Waals surface area contributed by atoms with Crippen molar-refractivity contribution in [3.8, 4) is 11.5 Å². The minimum Gasteiger partial charge on any atom is -0.452 e. The van der Waals surface area contributed by atoms with Crippen molar-refractivity contribution >= 4 is 31.9 Å². The molecule has 0 atom stereocenters. The summed E-state index contributed by atoms with van der Waals surface area (Å²) in [6.07, 6.45) is 2.04. The van der Waals surface area contributed by atoms with Crippen molar-refractivity contribution in [3.63, 3.8) is 0 Å². The van der Waals surface area contributed by atoms with Crippen LogP contribution in [0, 0.1) is 6.92 Å². The molecular weight excluding hydrogens is 434 g/mol. The fraction of sp³-hybridized carbons (Fsp3) is 0.368. The summed E-state index contributed by atoms with van der Waals surface area (Å²) >= 11 is 7.34. The number of fused-ring (bicyclic) bond motifs is 1. The molecular formula is C19H21Br2NO2. The maximum atomic E-state index is 5.61. The van der Waals surface area contributed by atoms with Crippen LogP contribution in [0.1, 0.15) is 16.7 Å². The van der Waals surface area contributed by atoms with Gasteiger partial charge in [0.2, 0.25) is 6.79 Å². The normalized spacial score (nSPS) is 12.9. The van der Waals surface area contributed by atoms with Crippen molar-refractivity contribution in [1.82, 2.24) is 4.90 Å².